The molecule has 3 aromatic heterocycles. The smallest absolute Gasteiger partial charge is 0.255 e. The lowest BCUT2D eigenvalue weighted by Gasteiger charge is -2.29. The molecule has 0 aliphatic heterocycles. The number of nitrogens with one attached hydrogen (secondary N) is 3. The molecule has 0 saturated heterocycles. The van der Waals surface area contributed by atoms with Gasteiger partial charge in [-0.1, -0.05) is 0 Å². The third-order valence-corrected chi connectivity index (χ3v) is 5.82. The van der Waals surface area contributed by atoms with Crippen LogP contribution in [0.3, 0.4) is 0 Å². The zero-order chi connectivity index (χ0) is 24.2. The van der Waals surface area contributed by atoms with Crippen LogP contribution in [-0.2, 0) is 4.79 Å². The van der Waals surface area contributed by atoms with Gasteiger partial charge in [0.2, 0.25) is 5.91 Å². The van der Waals surface area contributed by atoms with Gasteiger partial charge in [-0.3, -0.25) is 14.6 Å². The summed E-state index contributed by atoms with van der Waals surface area (Å²) in [5.41, 5.74) is 3.47. The highest BCUT2D eigenvalue weighted by Gasteiger charge is 2.25. The molecule has 10 heteroatoms. The fraction of sp³-hybridized carbons (Fsp3) is 0.417. The average Bonchev–Trinajstić information content (AvgIpc) is 3.22. The molecule has 1 fully saturated rings. The van der Waals surface area contributed by atoms with Crippen molar-refractivity contribution < 1.29 is 9.59 Å². The van der Waals surface area contributed by atoms with E-state index in [1.165, 1.54) is 13.1 Å². The fourth-order valence-electron chi connectivity index (χ4n) is 4.26. The standard InChI is InChI=1S/C24H28N8O2/c1-14(2)29-22-8-21(19-12-28-32-13-16(9-25)10-27-23(19)32)26-11-20(22)24(34)31-18-6-4-17(5-7-18)30-15(3)33/h8,10-14,17-18H,4-7H2,1-3H3,(H,26,29)(H,30,33)(H,31,34). The molecular weight excluding hydrogens is 432 g/mol. The predicted octanol–water partition coefficient (Wildman–Crippen LogP) is 2.66. The van der Waals surface area contributed by atoms with Gasteiger partial charge in [0.05, 0.1) is 40.5 Å². The number of nitrogens with zero attached hydrogens (tertiary/aromatic N) is 5. The molecule has 3 aromatic rings. The number of carbonyl (C=O) groups is 2. The third kappa shape index (κ3) is 5.14. The number of hydrogen-bond acceptors (Lipinski definition) is 7. The van der Waals surface area contributed by atoms with E-state index in [1.54, 1.807) is 23.1 Å². The van der Waals surface area contributed by atoms with Gasteiger partial charge in [-0.15, -0.1) is 0 Å². The van der Waals surface area contributed by atoms with Crippen molar-refractivity contribution in [3.05, 3.63) is 42.0 Å². The molecule has 0 bridgehead atoms. The second-order valence-corrected chi connectivity index (χ2v) is 8.92. The van der Waals surface area contributed by atoms with Crippen LogP contribution in [0.2, 0.25) is 0 Å². The Bertz CT molecular complexity index is 1250. The number of pyridine rings is 1. The van der Waals surface area contributed by atoms with Gasteiger partial charge in [0.1, 0.15) is 6.07 Å². The number of carbonyl (C=O) groups excluding carboxylic acids is 2. The molecular formula is C24H28N8O2. The van der Waals surface area contributed by atoms with E-state index in [0.717, 1.165) is 25.7 Å². The van der Waals surface area contributed by atoms with Gasteiger partial charge in [0.15, 0.2) is 5.65 Å². The quantitative estimate of drug-likeness (QED) is 0.514. The molecule has 1 aliphatic rings. The zero-order valence-corrected chi connectivity index (χ0v) is 19.5. The van der Waals surface area contributed by atoms with Crippen LogP contribution in [0.5, 0.6) is 0 Å². The lowest BCUT2D eigenvalue weighted by atomic mass is 9.91. The zero-order valence-electron chi connectivity index (χ0n) is 19.5. The van der Waals surface area contributed by atoms with Gasteiger partial charge in [-0.25, -0.2) is 9.50 Å². The number of fused-ring (bicyclic) bond motifs is 1. The summed E-state index contributed by atoms with van der Waals surface area (Å²) in [6.07, 6.45) is 9.64. The van der Waals surface area contributed by atoms with Crippen LogP contribution in [0.25, 0.3) is 16.9 Å². The molecule has 10 nitrogen and oxygen atoms in total. The average molecular weight is 461 g/mol. The van der Waals surface area contributed by atoms with Crippen LogP contribution in [0.1, 0.15) is 62.4 Å². The minimum Gasteiger partial charge on any atom is -0.382 e. The van der Waals surface area contributed by atoms with E-state index in [0.29, 0.717) is 33.7 Å². The second-order valence-electron chi connectivity index (χ2n) is 8.92. The summed E-state index contributed by atoms with van der Waals surface area (Å²) in [6, 6.07) is 4.22. The van der Waals surface area contributed by atoms with Crippen LogP contribution in [-0.4, -0.2) is 49.5 Å². The summed E-state index contributed by atoms with van der Waals surface area (Å²) < 4.78 is 1.54. The molecule has 34 heavy (non-hydrogen) atoms. The van der Waals surface area contributed by atoms with Crippen molar-refractivity contribution in [2.75, 3.05) is 5.32 Å². The summed E-state index contributed by atoms with van der Waals surface area (Å²) in [7, 11) is 0. The topological polar surface area (TPSA) is 137 Å². The number of nitriles is 1. The maximum atomic E-state index is 13.1. The van der Waals surface area contributed by atoms with Gasteiger partial charge in [-0.2, -0.15) is 10.4 Å². The van der Waals surface area contributed by atoms with E-state index in [9.17, 15) is 9.59 Å². The Labute approximate surface area is 197 Å². The van der Waals surface area contributed by atoms with E-state index in [-0.39, 0.29) is 29.9 Å². The van der Waals surface area contributed by atoms with E-state index in [4.69, 9.17) is 5.26 Å². The first-order valence-corrected chi connectivity index (χ1v) is 11.4. The van der Waals surface area contributed by atoms with Crippen molar-refractivity contribution >= 4 is 23.1 Å². The van der Waals surface area contributed by atoms with Gasteiger partial charge in [0, 0.05) is 37.4 Å². The van der Waals surface area contributed by atoms with Gasteiger partial charge >= 0.3 is 0 Å². The van der Waals surface area contributed by atoms with Crippen molar-refractivity contribution in [2.45, 2.75) is 64.6 Å². The number of anilines is 1. The summed E-state index contributed by atoms with van der Waals surface area (Å²) in [5.74, 6) is -0.197. The van der Waals surface area contributed by atoms with E-state index in [1.807, 2.05) is 19.9 Å². The van der Waals surface area contributed by atoms with E-state index < -0.39 is 0 Å². The molecule has 0 unspecified atom stereocenters. The van der Waals surface area contributed by atoms with Crippen molar-refractivity contribution in [2.24, 2.45) is 0 Å². The number of aromatic nitrogens is 4. The first-order chi connectivity index (χ1) is 16.3. The highest BCUT2D eigenvalue weighted by atomic mass is 16.2. The summed E-state index contributed by atoms with van der Waals surface area (Å²) in [6.45, 7) is 5.54. The molecule has 0 atom stereocenters. The van der Waals surface area contributed by atoms with Crippen LogP contribution in [0, 0.1) is 11.3 Å². The number of amides is 2. The summed E-state index contributed by atoms with van der Waals surface area (Å²) in [4.78, 5) is 33.3. The summed E-state index contributed by atoms with van der Waals surface area (Å²) in [5, 5.41) is 22.8. The van der Waals surface area contributed by atoms with Crippen LogP contribution < -0.4 is 16.0 Å². The second kappa shape index (κ2) is 9.87. The molecule has 2 amide bonds. The Hall–Kier alpha value is -4.00. The monoisotopic (exact) mass is 460 g/mol. The lowest BCUT2D eigenvalue weighted by Crippen LogP contribution is -2.43. The minimum atomic E-state index is -0.179. The molecule has 4 rings (SSSR count). The molecule has 0 radical (unpaired) electrons. The Morgan fingerprint density at radius 3 is 2.44 bits per heavy atom. The lowest BCUT2D eigenvalue weighted by molar-refractivity contribution is -0.119. The minimum absolute atomic E-state index is 0.0186. The van der Waals surface area contributed by atoms with Crippen LogP contribution >= 0.6 is 0 Å². The first-order valence-electron chi connectivity index (χ1n) is 11.4. The van der Waals surface area contributed by atoms with Gasteiger partial charge in [-0.05, 0) is 45.6 Å². The Kier molecular flexibility index (Phi) is 6.72. The molecule has 176 valence electrons. The Morgan fingerprint density at radius 1 is 1.09 bits per heavy atom. The number of hydrogen-bond donors (Lipinski definition) is 3. The Morgan fingerprint density at radius 2 is 1.79 bits per heavy atom. The SMILES string of the molecule is CC(=O)NC1CCC(NC(=O)c2cnc(-c3cnn4cc(C#N)cnc34)cc2NC(C)C)CC1. The molecule has 1 saturated carbocycles. The predicted molar refractivity (Wildman–Crippen MR) is 127 cm³/mol. The normalized spacial score (nSPS) is 17.9. The number of rotatable bonds is 6. The van der Waals surface area contributed by atoms with Crippen LogP contribution in [0.15, 0.2) is 30.9 Å². The Balaban J connectivity index is 1.55. The van der Waals surface area contributed by atoms with Crippen molar-refractivity contribution in [3.63, 3.8) is 0 Å². The summed E-state index contributed by atoms with van der Waals surface area (Å²) >= 11 is 0. The van der Waals surface area contributed by atoms with E-state index in [2.05, 4.69) is 37.1 Å². The van der Waals surface area contributed by atoms with Crippen LogP contribution in [0.4, 0.5) is 5.69 Å². The molecule has 0 aromatic carbocycles. The first kappa shape index (κ1) is 23.2. The highest BCUT2D eigenvalue weighted by molar-refractivity contribution is 6.00. The third-order valence-electron chi connectivity index (χ3n) is 5.82. The van der Waals surface area contributed by atoms with Gasteiger partial charge in [0.25, 0.3) is 5.91 Å². The molecule has 0 spiro atoms. The molecule has 3 heterocycles. The van der Waals surface area contributed by atoms with E-state index >= 15 is 0 Å². The van der Waals surface area contributed by atoms with Crippen molar-refractivity contribution in [3.8, 4) is 17.3 Å². The van der Waals surface area contributed by atoms with Crippen molar-refractivity contribution in [1.82, 2.24) is 30.2 Å². The van der Waals surface area contributed by atoms with Crippen molar-refractivity contribution in [1.29, 1.82) is 5.26 Å². The van der Waals surface area contributed by atoms with Gasteiger partial charge < -0.3 is 16.0 Å². The maximum Gasteiger partial charge on any atom is 0.255 e. The fourth-order valence-corrected chi connectivity index (χ4v) is 4.26. The molecule has 1 aliphatic carbocycles. The maximum absolute atomic E-state index is 13.1. The largest absolute Gasteiger partial charge is 0.382 e. The highest BCUT2D eigenvalue weighted by Crippen LogP contribution is 2.27. The molecule has 3 N–H and O–H groups in total.